The van der Waals surface area contributed by atoms with E-state index in [-0.39, 0.29) is 17.4 Å². The maximum absolute atomic E-state index is 13.8. The molecule has 2 aromatic carbocycles. The van der Waals surface area contributed by atoms with Crippen molar-refractivity contribution in [3.63, 3.8) is 0 Å². The average Bonchev–Trinajstić information content (AvgIpc) is 3.37. The SMILES string of the molecule is CC[NH+](CC)CCCN1C(=O)C(=O)C(=C([O-])c2ccc3c(c2)CC(C)O3)C1c1ccc(N(C)C)cc1. The summed E-state index contributed by atoms with van der Waals surface area (Å²) in [6.07, 6.45) is 1.53. The minimum Gasteiger partial charge on any atom is -0.872 e. The van der Waals surface area contributed by atoms with Gasteiger partial charge in [0, 0.05) is 44.7 Å². The van der Waals surface area contributed by atoms with Crippen LogP contribution in [0, 0.1) is 0 Å². The van der Waals surface area contributed by atoms with Gasteiger partial charge in [-0.25, -0.2) is 0 Å². The van der Waals surface area contributed by atoms with Crippen molar-refractivity contribution in [3.05, 3.63) is 64.7 Å². The summed E-state index contributed by atoms with van der Waals surface area (Å²) in [5.41, 5.74) is 3.20. The number of ketones is 1. The second kappa shape index (κ2) is 10.7. The molecule has 2 unspecified atom stereocenters. The smallest absolute Gasteiger partial charge is 0.295 e. The molecule has 4 rings (SSSR count). The van der Waals surface area contributed by atoms with Gasteiger partial charge in [-0.15, -0.1) is 0 Å². The van der Waals surface area contributed by atoms with Gasteiger partial charge < -0.3 is 24.5 Å². The monoisotopic (exact) mass is 491 g/mol. The number of carbonyl (C=O) groups is 2. The van der Waals surface area contributed by atoms with Crippen LogP contribution in [0.25, 0.3) is 5.76 Å². The summed E-state index contributed by atoms with van der Waals surface area (Å²) in [5, 5.41) is 13.8. The lowest BCUT2D eigenvalue weighted by Crippen LogP contribution is -3.11. The zero-order valence-corrected chi connectivity index (χ0v) is 22.0. The summed E-state index contributed by atoms with van der Waals surface area (Å²) < 4.78 is 5.77. The van der Waals surface area contributed by atoms with Crippen LogP contribution in [0.4, 0.5) is 5.69 Å². The molecule has 0 aliphatic carbocycles. The van der Waals surface area contributed by atoms with Gasteiger partial charge in [0.2, 0.25) is 5.78 Å². The number of rotatable bonds is 9. The molecular formula is C29H37N3O4. The number of amides is 1. The van der Waals surface area contributed by atoms with E-state index in [1.807, 2.05) is 56.3 Å². The number of Topliss-reactive ketones (excluding diaryl/α,β-unsaturated/α-hetero) is 1. The Morgan fingerprint density at radius 1 is 1.11 bits per heavy atom. The first-order valence-electron chi connectivity index (χ1n) is 12.9. The molecule has 0 spiro atoms. The fourth-order valence-electron chi connectivity index (χ4n) is 5.22. The molecule has 192 valence electrons. The molecule has 2 heterocycles. The van der Waals surface area contributed by atoms with Gasteiger partial charge in [0.1, 0.15) is 11.9 Å². The topological polar surface area (TPSA) is 77.3 Å². The van der Waals surface area contributed by atoms with E-state index < -0.39 is 17.7 Å². The summed E-state index contributed by atoms with van der Waals surface area (Å²) in [4.78, 5) is 31.5. The third kappa shape index (κ3) is 4.98. The van der Waals surface area contributed by atoms with Crippen LogP contribution in [0.3, 0.4) is 0 Å². The molecule has 1 N–H and O–H groups in total. The zero-order valence-electron chi connectivity index (χ0n) is 22.0. The predicted octanol–water partition coefficient (Wildman–Crippen LogP) is 1.61. The highest BCUT2D eigenvalue weighted by Crippen LogP contribution is 2.40. The number of nitrogens with one attached hydrogen (secondary N) is 1. The predicted molar refractivity (Wildman–Crippen MR) is 139 cm³/mol. The summed E-state index contributed by atoms with van der Waals surface area (Å²) in [5.74, 6) is -0.891. The van der Waals surface area contributed by atoms with Crippen molar-refractivity contribution in [3.8, 4) is 5.75 Å². The fraction of sp³-hybridized carbons (Fsp3) is 0.448. The van der Waals surface area contributed by atoms with Gasteiger partial charge in [-0.1, -0.05) is 24.0 Å². The third-order valence-corrected chi connectivity index (χ3v) is 7.34. The molecule has 2 aromatic rings. The molecule has 2 aliphatic rings. The first-order valence-corrected chi connectivity index (χ1v) is 12.9. The van der Waals surface area contributed by atoms with Crippen molar-refractivity contribution < 1.29 is 24.3 Å². The average molecular weight is 492 g/mol. The maximum Gasteiger partial charge on any atom is 0.295 e. The zero-order chi connectivity index (χ0) is 26.0. The number of ether oxygens (including phenoxy) is 1. The quantitative estimate of drug-likeness (QED) is 0.328. The van der Waals surface area contributed by atoms with E-state index in [2.05, 4.69) is 13.8 Å². The molecule has 0 bridgehead atoms. The van der Waals surface area contributed by atoms with E-state index in [9.17, 15) is 14.7 Å². The molecule has 1 amide bonds. The number of likely N-dealkylation sites (tertiary alicyclic amines) is 1. The Kier molecular flexibility index (Phi) is 7.69. The van der Waals surface area contributed by atoms with Crippen molar-refractivity contribution in [1.29, 1.82) is 0 Å². The Bertz CT molecular complexity index is 1150. The van der Waals surface area contributed by atoms with Crippen LogP contribution in [0.2, 0.25) is 0 Å². The molecular weight excluding hydrogens is 454 g/mol. The lowest BCUT2D eigenvalue weighted by Gasteiger charge is -2.28. The van der Waals surface area contributed by atoms with E-state index in [0.29, 0.717) is 18.5 Å². The third-order valence-electron chi connectivity index (χ3n) is 7.34. The van der Waals surface area contributed by atoms with Crippen LogP contribution in [0.5, 0.6) is 5.75 Å². The Morgan fingerprint density at radius 2 is 1.81 bits per heavy atom. The highest BCUT2D eigenvalue weighted by atomic mass is 16.5. The molecule has 0 aromatic heterocycles. The minimum atomic E-state index is -0.693. The number of quaternary nitrogens is 1. The van der Waals surface area contributed by atoms with E-state index in [4.69, 9.17) is 4.74 Å². The Morgan fingerprint density at radius 3 is 2.44 bits per heavy atom. The lowest BCUT2D eigenvalue weighted by atomic mass is 9.94. The summed E-state index contributed by atoms with van der Waals surface area (Å²) in [6, 6.07) is 12.4. The second-order valence-electron chi connectivity index (χ2n) is 9.97. The largest absolute Gasteiger partial charge is 0.872 e. The number of fused-ring (bicyclic) bond motifs is 1. The van der Waals surface area contributed by atoms with Crippen LogP contribution in [-0.4, -0.2) is 63.0 Å². The van der Waals surface area contributed by atoms with Crippen LogP contribution in [-0.2, 0) is 16.0 Å². The molecule has 0 saturated carbocycles. The highest BCUT2D eigenvalue weighted by molar-refractivity contribution is 6.46. The molecule has 36 heavy (non-hydrogen) atoms. The number of nitrogens with zero attached hydrogens (tertiary/aromatic N) is 2. The number of carbonyl (C=O) groups excluding carboxylic acids is 2. The summed E-state index contributed by atoms with van der Waals surface area (Å²) in [7, 11) is 3.91. The van der Waals surface area contributed by atoms with E-state index in [1.165, 1.54) is 4.90 Å². The van der Waals surface area contributed by atoms with Crippen molar-refractivity contribution in [2.24, 2.45) is 0 Å². The molecule has 2 aliphatic heterocycles. The number of hydrogen-bond acceptors (Lipinski definition) is 5. The van der Waals surface area contributed by atoms with Gasteiger partial charge in [-0.05, 0) is 61.7 Å². The number of hydrogen-bond donors (Lipinski definition) is 1. The van der Waals surface area contributed by atoms with Crippen LogP contribution in [0.15, 0.2) is 48.0 Å². The maximum atomic E-state index is 13.8. The normalized spacial score (nSPS) is 20.7. The standard InChI is InChI=1S/C29H37N3O4/c1-6-31(7-2)15-8-16-32-26(20-9-12-23(13-10-20)30(4)5)25(28(34)29(32)35)27(33)21-11-14-24-22(18-21)17-19(3)36-24/h9-14,18-19,26,33H,6-8,15-17H2,1-5H3. The summed E-state index contributed by atoms with van der Waals surface area (Å²) in [6.45, 7) is 9.63. The molecule has 0 radical (unpaired) electrons. The first-order chi connectivity index (χ1) is 17.2. The molecule has 7 nitrogen and oxygen atoms in total. The Balaban J connectivity index is 1.73. The van der Waals surface area contributed by atoms with Crippen LogP contribution >= 0.6 is 0 Å². The first kappa shape index (κ1) is 25.8. The highest BCUT2D eigenvalue weighted by Gasteiger charge is 2.44. The van der Waals surface area contributed by atoms with Crippen molar-refractivity contribution in [2.45, 2.75) is 45.8 Å². The molecule has 7 heteroatoms. The van der Waals surface area contributed by atoms with Gasteiger partial charge in [-0.3, -0.25) is 9.59 Å². The minimum absolute atomic E-state index is 0.0414. The molecule has 1 saturated heterocycles. The summed E-state index contributed by atoms with van der Waals surface area (Å²) >= 11 is 0. The van der Waals surface area contributed by atoms with Crippen LogP contribution in [0.1, 0.15) is 49.9 Å². The van der Waals surface area contributed by atoms with E-state index in [0.717, 1.165) is 48.6 Å². The van der Waals surface area contributed by atoms with Gasteiger partial charge in [0.25, 0.3) is 5.91 Å². The fourth-order valence-corrected chi connectivity index (χ4v) is 5.22. The number of anilines is 1. The Hall–Kier alpha value is -3.32. The van der Waals surface area contributed by atoms with E-state index in [1.54, 1.807) is 17.0 Å². The van der Waals surface area contributed by atoms with Crippen LogP contribution < -0.4 is 19.6 Å². The Labute approximate surface area is 214 Å². The van der Waals surface area contributed by atoms with E-state index >= 15 is 0 Å². The van der Waals surface area contributed by atoms with Gasteiger partial charge in [-0.2, -0.15) is 0 Å². The van der Waals surface area contributed by atoms with Crippen molar-refractivity contribution >= 4 is 23.1 Å². The second-order valence-corrected chi connectivity index (χ2v) is 9.97. The van der Waals surface area contributed by atoms with Crippen molar-refractivity contribution in [2.75, 3.05) is 45.2 Å². The van der Waals surface area contributed by atoms with Gasteiger partial charge in [0.15, 0.2) is 0 Å². The van der Waals surface area contributed by atoms with Crippen molar-refractivity contribution in [1.82, 2.24) is 4.90 Å². The number of benzene rings is 2. The van der Waals surface area contributed by atoms with Gasteiger partial charge in [0.05, 0.1) is 25.7 Å². The molecule has 1 fully saturated rings. The molecule has 2 atom stereocenters. The lowest BCUT2D eigenvalue weighted by molar-refractivity contribution is -0.896. The van der Waals surface area contributed by atoms with Gasteiger partial charge >= 0.3 is 0 Å².